The molecule has 1 saturated heterocycles. The summed E-state index contributed by atoms with van der Waals surface area (Å²) in [5.74, 6) is 1.66. The van der Waals surface area contributed by atoms with Crippen LogP contribution in [0.5, 0.6) is 5.75 Å². The van der Waals surface area contributed by atoms with E-state index in [0.717, 1.165) is 23.3 Å². The second-order valence-corrected chi connectivity index (χ2v) is 6.74. The zero-order valence-corrected chi connectivity index (χ0v) is 14.5. The first-order valence-corrected chi connectivity index (χ1v) is 8.97. The van der Waals surface area contributed by atoms with Crippen molar-refractivity contribution in [3.8, 4) is 17.1 Å². The molecule has 4 rings (SSSR count). The highest BCUT2D eigenvalue weighted by Gasteiger charge is 2.35. The van der Waals surface area contributed by atoms with Crippen LogP contribution in [0.1, 0.15) is 34.4 Å². The number of methoxy groups -OCH3 is 1. The fourth-order valence-corrected chi connectivity index (χ4v) is 3.80. The van der Waals surface area contributed by atoms with Crippen molar-refractivity contribution in [1.82, 2.24) is 15.0 Å². The number of para-hydroxylation sites is 1. The first-order chi connectivity index (χ1) is 12.3. The Hall–Kier alpha value is -2.67. The third kappa shape index (κ3) is 2.91. The van der Waals surface area contributed by atoms with Gasteiger partial charge in [-0.2, -0.15) is 4.98 Å². The van der Waals surface area contributed by atoms with E-state index in [0.29, 0.717) is 24.0 Å². The second kappa shape index (κ2) is 6.68. The quantitative estimate of drug-likeness (QED) is 0.712. The zero-order chi connectivity index (χ0) is 17.2. The van der Waals surface area contributed by atoms with Gasteiger partial charge in [0, 0.05) is 6.54 Å². The van der Waals surface area contributed by atoms with Crippen LogP contribution < -0.4 is 4.74 Å². The average molecular weight is 355 g/mol. The van der Waals surface area contributed by atoms with Gasteiger partial charge in [-0.25, -0.2) is 0 Å². The summed E-state index contributed by atoms with van der Waals surface area (Å²) in [7, 11) is 1.61. The largest absolute Gasteiger partial charge is 0.496 e. The standard InChI is InChI=1S/C18H17N3O3S/c1-23-14-8-3-2-6-12(14)16-19-17(24-20-16)13-7-4-10-21(13)18(22)15-9-5-11-25-15/h2-3,5-6,8-9,11,13H,4,7,10H2,1H3. The van der Waals surface area contributed by atoms with Crippen LogP contribution >= 0.6 is 11.3 Å². The van der Waals surface area contributed by atoms with Crippen LogP contribution in [0.4, 0.5) is 0 Å². The fraction of sp³-hybridized carbons (Fsp3) is 0.278. The molecular weight excluding hydrogens is 338 g/mol. The molecule has 1 fully saturated rings. The van der Waals surface area contributed by atoms with Crippen molar-refractivity contribution in [3.05, 3.63) is 52.5 Å². The van der Waals surface area contributed by atoms with E-state index >= 15 is 0 Å². The number of hydrogen-bond donors (Lipinski definition) is 0. The van der Waals surface area contributed by atoms with Crippen LogP contribution in [-0.4, -0.2) is 34.6 Å². The van der Waals surface area contributed by atoms with Crippen molar-refractivity contribution < 1.29 is 14.1 Å². The molecule has 25 heavy (non-hydrogen) atoms. The van der Waals surface area contributed by atoms with Crippen LogP contribution in [0.2, 0.25) is 0 Å². The van der Waals surface area contributed by atoms with Gasteiger partial charge in [0.25, 0.3) is 5.91 Å². The molecule has 1 aliphatic rings. The number of carbonyl (C=O) groups excluding carboxylic acids is 1. The van der Waals surface area contributed by atoms with E-state index in [9.17, 15) is 4.79 Å². The molecule has 1 amide bonds. The van der Waals surface area contributed by atoms with E-state index in [4.69, 9.17) is 9.26 Å². The molecule has 2 aromatic heterocycles. The Balaban J connectivity index is 1.62. The Bertz CT molecular complexity index is 875. The van der Waals surface area contributed by atoms with Crippen LogP contribution in [-0.2, 0) is 0 Å². The predicted molar refractivity (Wildman–Crippen MR) is 93.6 cm³/mol. The van der Waals surface area contributed by atoms with Gasteiger partial charge in [-0.05, 0) is 36.4 Å². The number of rotatable bonds is 4. The highest BCUT2D eigenvalue weighted by atomic mass is 32.1. The molecule has 1 aliphatic heterocycles. The summed E-state index contributed by atoms with van der Waals surface area (Å²) in [5.41, 5.74) is 0.772. The van der Waals surface area contributed by atoms with E-state index in [2.05, 4.69) is 10.1 Å². The number of amides is 1. The third-order valence-corrected chi connectivity index (χ3v) is 5.18. The second-order valence-electron chi connectivity index (χ2n) is 5.79. The average Bonchev–Trinajstić information content (AvgIpc) is 3.41. The Morgan fingerprint density at radius 2 is 2.20 bits per heavy atom. The summed E-state index contributed by atoms with van der Waals surface area (Å²) in [5, 5.41) is 6.00. The van der Waals surface area contributed by atoms with Gasteiger partial charge in [-0.3, -0.25) is 4.79 Å². The van der Waals surface area contributed by atoms with Crippen LogP contribution in [0, 0.1) is 0 Å². The number of carbonyl (C=O) groups is 1. The SMILES string of the molecule is COc1ccccc1-c1noc(C2CCCN2C(=O)c2cccs2)n1. The molecule has 6 nitrogen and oxygen atoms in total. The Kier molecular flexibility index (Phi) is 4.23. The highest BCUT2D eigenvalue weighted by Crippen LogP contribution is 2.35. The number of thiophene rings is 1. The summed E-state index contributed by atoms with van der Waals surface area (Å²) < 4.78 is 10.9. The van der Waals surface area contributed by atoms with E-state index in [1.54, 1.807) is 7.11 Å². The Labute approximate surface area is 149 Å². The molecule has 7 heteroatoms. The van der Waals surface area contributed by atoms with Gasteiger partial charge in [0.1, 0.15) is 11.8 Å². The van der Waals surface area contributed by atoms with Crippen molar-refractivity contribution in [1.29, 1.82) is 0 Å². The van der Waals surface area contributed by atoms with Crippen molar-refractivity contribution in [3.63, 3.8) is 0 Å². The number of ether oxygens (including phenoxy) is 1. The van der Waals surface area contributed by atoms with Crippen molar-refractivity contribution in [2.75, 3.05) is 13.7 Å². The van der Waals surface area contributed by atoms with Gasteiger partial charge in [-0.1, -0.05) is 23.4 Å². The summed E-state index contributed by atoms with van der Waals surface area (Å²) in [6.45, 7) is 0.702. The number of likely N-dealkylation sites (tertiary alicyclic amines) is 1. The van der Waals surface area contributed by atoms with Gasteiger partial charge in [0.15, 0.2) is 0 Å². The third-order valence-electron chi connectivity index (χ3n) is 4.32. The minimum Gasteiger partial charge on any atom is -0.496 e. The molecule has 0 N–H and O–H groups in total. The molecule has 3 aromatic rings. The molecular formula is C18H17N3O3S. The highest BCUT2D eigenvalue weighted by molar-refractivity contribution is 7.12. The van der Waals surface area contributed by atoms with Crippen molar-refractivity contribution >= 4 is 17.2 Å². The maximum atomic E-state index is 12.7. The maximum Gasteiger partial charge on any atom is 0.264 e. The van der Waals surface area contributed by atoms with Crippen molar-refractivity contribution in [2.24, 2.45) is 0 Å². The smallest absolute Gasteiger partial charge is 0.264 e. The lowest BCUT2D eigenvalue weighted by molar-refractivity contribution is 0.0715. The molecule has 0 spiro atoms. The molecule has 128 valence electrons. The first kappa shape index (κ1) is 15.8. The molecule has 3 heterocycles. The first-order valence-electron chi connectivity index (χ1n) is 8.09. The maximum absolute atomic E-state index is 12.7. The molecule has 1 unspecified atom stereocenters. The topological polar surface area (TPSA) is 68.5 Å². The van der Waals surface area contributed by atoms with Gasteiger partial charge in [-0.15, -0.1) is 11.3 Å². The van der Waals surface area contributed by atoms with Crippen LogP contribution in [0.25, 0.3) is 11.4 Å². The molecule has 0 saturated carbocycles. The van der Waals surface area contributed by atoms with Gasteiger partial charge in [0.05, 0.1) is 17.6 Å². The minimum absolute atomic E-state index is 0.0227. The molecule has 1 atom stereocenters. The fourth-order valence-electron chi connectivity index (χ4n) is 3.12. The van der Waals surface area contributed by atoms with Crippen molar-refractivity contribution in [2.45, 2.75) is 18.9 Å². The number of aromatic nitrogens is 2. The molecule has 1 aromatic carbocycles. The lowest BCUT2D eigenvalue weighted by Gasteiger charge is -2.20. The normalized spacial score (nSPS) is 17.0. The summed E-state index contributed by atoms with van der Waals surface area (Å²) in [6.07, 6.45) is 1.75. The summed E-state index contributed by atoms with van der Waals surface area (Å²) >= 11 is 1.45. The Morgan fingerprint density at radius 3 is 3.00 bits per heavy atom. The molecule has 0 aliphatic carbocycles. The van der Waals surface area contributed by atoms with Crippen LogP contribution in [0.3, 0.4) is 0 Å². The predicted octanol–water partition coefficient (Wildman–Crippen LogP) is 3.78. The lowest BCUT2D eigenvalue weighted by Crippen LogP contribution is -2.30. The van der Waals surface area contributed by atoms with Gasteiger partial charge in [0.2, 0.25) is 11.7 Å². The number of benzene rings is 1. The zero-order valence-electron chi connectivity index (χ0n) is 13.7. The summed E-state index contributed by atoms with van der Waals surface area (Å²) in [4.78, 5) is 19.8. The monoisotopic (exact) mass is 355 g/mol. The van der Waals surface area contributed by atoms with Gasteiger partial charge >= 0.3 is 0 Å². The van der Waals surface area contributed by atoms with E-state index in [-0.39, 0.29) is 11.9 Å². The van der Waals surface area contributed by atoms with Crippen LogP contribution in [0.15, 0.2) is 46.3 Å². The van der Waals surface area contributed by atoms with Gasteiger partial charge < -0.3 is 14.2 Å². The van der Waals surface area contributed by atoms with E-state index in [1.165, 1.54) is 11.3 Å². The Morgan fingerprint density at radius 1 is 1.32 bits per heavy atom. The number of hydrogen-bond acceptors (Lipinski definition) is 6. The number of nitrogens with zero attached hydrogens (tertiary/aromatic N) is 3. The summed E-state index contributed by atoms with van der Waals surface area (Å²) in [6, 6.07) is 11.1. The molecule has 0 radical (unpaired) electrons. The van der Waals surface area contributed by atoms with E-state index < -0.39 is 0 Å². The minimum atomic E-state index is -0.175. The van der Waals surface area contributed by atoms with E-state index in [1.807, 2.05) is 46.7 Å². The molecule has 0 bridgehead atoms. The lowest BCUT2D eigenvalue weighted by atomic mass is 10.2.